The molecule has 2 heterocycles. The van der Waals surface area contributed by atoms with Crippen molar-refractivity contribution >= 4 is 31.6 Å². The Labute approximate surface area is 264 Å². The van der Waals surface area contributed by atoms with Gasteiger partial charge in [0, 0.05) is 23.5 Å². The van der Waals surface area contributed by atoms with Crippen LogP contribution in [-0.2, 0) is 20.0 Å². The van der Waals surface area contributed by atoms with Crippen molar-refractivity contribution < 1.29 is 21.9 Å². The third-order valence-electron chi connectivity index (χ3n) is 8.93. The number of nitrogens with zero attached hydrogens (tertiary/aromatic N) is 2. The maximum atomic E-state index is 14.6. The van der Waals surface area contributed by atoms with E-state index in [1.165, 1.54) is 8.61 Å². The minimum atomic E-state index is -4.07. The van der Waals surface area contributed by atoms with Crippen LogP contribution in [-0.4, -0.2) is 49.2 Å². The van der Waals surface area contributed by atoms with Crippen LogP contribution in [0.25, 0.3) is 0 Å². The molecule has 0 aromatic heterocycles. The predicted octanol–water partition coefficient (Wildman–Crippen LogP) is 6.27. The van der Waals surface area contributed by atoms with Crippen molar-refractivity contribution in [2.45, 2.75) is 60.7 Å². The van der Waals surface area contributed by atoms with Crippen LogP contribution < -0.4 is 0 Å². The smallest absolute Gasteiger partial charge is 0.243 e. The first-order valence-corrected chi connectivity index (χ1v) is 17.9. The molecular formula is C34H35ClN2O5S2. The van der Waals surface area contributed by atoms with Gasteiger partial charge in [0.1, 0.15) is 0 Å². The second kappa shape index (κ2) is 12.0. The lowest BCUT2D eigenvalue weighted by Gasteiger charge is -2.53. The first-order chi connectivity index (χ1) is 21.0. The van der Waals surface area contributed by atoms with Gasteiger partial charge in [-0.3, -0.25) is 0 Å². The standard InChI is InChI=1S/C34H35ClN2O5S2/c1-23-11-15-28(16-12-23)43(39,40)36-22-30-33(20-31(36)26-9-6-10-27(35)19-26)37(44(41,42)29-17-13-24(2)14-18-29)32(21-34(30)38)25-7-4-3-5-8-25/h3-19,30-34,38H,20-22H2,1-2H3/t30-,31+,32+,33+,34?/m1/s1. The quantitative estimate of drug-likeness (QED) is 0.265. The monoisotopic (exact) mass is 650 g/mol. The lowest BCUT2D eigenvalue weighted by molar-refractivity contribution is -0.0492. The summed E-state index contributed by atoms with van der Waals surface area (Å²) in [5.74, 6) is -0.661. The molecule has 0 bridgehead atoms. The van der Waals surface area contributed by atoms with Crippen LogP contribution in [0.3, 0.4) is 0 Å². The van der Waals surface area contributed by atoms with Gasteiger partial charge in [0.15, 0.2) is 0 Å². The highest BCUT2D eigenvalue weighted by Gasteiger charge is 2.54. The van der Waals surface area contributed by atoms with Gasteiger partial charge in [-0.25, -0.2) is 16.8 Å². The van der Waals surface area contributed by atoms with Crippen LogP contribution in [0.5, 0.6) is 0 Å². The van der Waals surface area contributed by atoms with E-state index in [4.69, 9.17) is 11.6 Å². The van der Waals surface area contributed by atoms with Crippen LogP contribution in [0.15, 0.2) is 113 Å². The van der Waals surface area contributed by atoms with E-state index in [0.29, 0.717) is 10.6 Å². The number of benzene rings is 4. The molecule has 10 heteroatoms. The molecule has 2 aliphatic heterocycles. The van der Waals surface area contributed by atoms with Gasteiger partial charge in [-0.15, -0.1) is 0 Å². The van der Waals surface area contributed by atoms with E-state index in [9.17, 15) is 21.9 Å². The molecule has 2 aliphatic rings. The highest BCUT2D eigenvalue weighted by molar-refractivity contribution is 7.89. The van der Waals surface area contributed by atoms with Gasteiger partial charge in [0.05, 0.1) is 28.0 Å². The van der Waals surface area contributed by atoms with Crippen LogP contribution >= 0.6 is 11.6 Å². The number of sulfonamides is 2. The molecular weight excluding hydrogens is 616 g/mol. The number of aryl methyl sites for hydroxylation is 2. The highest BCUT2D eigenvalue weighted by Crippen LogP contribution is 2.49. The molecule has 0 aliphatic carbocycles. The van der Waals surface area contributed by atoms with Crippen LogP contribution in [0.2, 0.25) is 5.02 Å². The van der Waals surface area contributed by atoms with Gasteiger partial charge in [-0.1, -0.05) is 89.5 Å². The molecule has 5 atom stereocenters. The van der Waals surface area contributed by atoms with Crippen molar-refractivity contribution in [1.82, 2.24) is 8.61 Å². The Morgan fingerprint density at radius 1 is 0.682 bits per heavy atom. The van der Waals surface area contributed by atoms with Crippen molar-refractivity contribution in [3.63, 3.8) is 0 Å². The largest absolute Gasteiger partial charge is 0.393 e. The number of rotatable bonds is 6. The van der Waals surface area contributed by atoms with Gasteiger partial charge in [-0.2, -0.15) is 8.61 Å². The maximum Gasteiger partial charge on any atom is 0.243 e. The van der Waals surface area contributed by atoms with Gasteiger partial charge < -0.3 is 5.11 Å². The van der Waals surface area contributed by atoms with E-state index in [0.717, 1.165) is 16.7 Å². The fraction of sp³-hybridized carbons (Fsp3) is 0.294. The normalized spacial score (nSPS) is 25.0. The number of hydrogen-bond donors (Lipinski definition) is 1. The number of hydrogen-bond acceptors (Lipinski definition) is 5. The number of piperidine rings is 2. The van der Waals surface area contributed by atoms with Crippen molar-refractivity contribution in [3.8, 4) is 0 Å². The Morgan fingerprint density at radius 2 is 1.25 bits per heavy atom. The number of aliphatic hydroxyl groups is 1. The molecule has 4 aromatic rings. The van der Waals surface area contributed by atoms with E-state index in [-0.39, 0.29) is 29.2 Å². The summed E-state index contributed by atoms with van der Waals surface area (Å²) in [7, 11) is -8.09. The zero-order chi connectivity index (χ0) is 31.2. The molecule has 0 spiro atoms. The summed E-state index contributed by atoms with van der Waals surface area (Å²) in [6.07, 6.45) is -0.663. The zero-order valence-electron chi connectivity index (χ0n) is 24.5. The van der Waals surface area contributed by atoms with Gasteiger partial charge in [-0.05, 0) is 74.2 Å². The fourth-order valence-corrected chi connectivity index (χ4v) is 10.4. The predicted molar refractivity (Wildman–Crippen MR) is 171 cm³/mol. The number of fused-ring (bicyclic) bond motifs is 1. The van der Waals surface area contributed by atoms with Gasteiger partial charge in [0.2, 0.25) is 20.0 Å². The third-order valence-corrected chi connectivity index (χ3v) is 13.0. The topological polar surface area (TPSA) is 95.0 Å². The van der Waals surface area contributed by atoms with E-state index < -0.39 is 50.2 Å². The lowest BCUT2D eigenvalue weighted by Crippen LogP contribution is -2.62. The Kier molecular flexibility index (Phi) is 8.47. The van der Waals surface area contributed by atoms with Crippen LogP contribution in [0.1, 0.15) is 47.2 Å². The second-order valence-electron chi connectivity index (χ2n) is 11.8. The molecule has 0 amide bonds. The van der Waals surface area contributed by atoms with Crippen molar-refractivity contribution in [2.24, 2.45) is 5.92 Å². The molecule has 2 fully saturated rings. The maximum absolute atomic E-state index is 14.6. The Balaban J connectivity index is 1.50. The summed E-state index contributed by atoms with van der Waals surface area (Å²) in [4.78, 5) is 0.304. The van der Waals surface area contributed by atoms with Gasteiger partial charge >= 0.3 is 0 Å². The van der Waals surface area contributed by atoms with Crippen LogP contribution in [0, 0.1) is 19.8 Å². The lowest BCUT2D eigenvalue weighted by atomic mass is 9.77. The number of halogens is 1. The summed E-state index contributed by atoms with van der Waals surface area (Å²) in [6.45, 7) is 3.73. The average Bonchev–Trinajstić information content (AvgIpc) is 3.01. The Hall–Kier alpha value is -3.05. The summed E-state index contributed by atoms with van der Waals surface area (Å²) >= 11 is 6.40. The Bertz CT molecular complexity index is 1850. The second-order valence-corrected chi connectivity index (χ2v) is 16.0. The molecule has 6 rings (SSSR count). The highest BCUT2D eigenvalue weighted by atomic mass is 35.5. The molecule has 7 nitrogen and oxygen atoms in total. The molecule has 230 valence electrons. The van der Waals surface area contributed by atoms with Gasteiger partial charge in [0.25, 0.3) is 0 Å². The van der Waals surface area contributed by atoms with Crippen molar-refractivity contribution in [3.05, 3.63) is 130 Å². The van der Waals surface area contributed by atoms with Crippen LogP contribution in [0.4, 0.5) is 0 Å². The summed E-state index contributed by atoms with van der Waals surface area (Å²) in [5, 5.41) is 12.1. The molecule has 44 heavy (non-hydrogen) atoms. The van der Waals surface area contributed by atoms with Crippen molar-refractivity contribution in [2.75, 3.05) is 6.54 Å². The molecule has 0 radical (unpaired) electrons. The van der Waals surface area contributed by atoms with E-state index >= 15 is 0 Å². The minimum absolute atomic E-state index is 0.0549. The molecule has 1 unspecified atom stereocenters. The average molecular weight is 651 g/mol. The molecule has 2 saturated heterocycles. The van der Waals surface area contributed by atoms with Crippen molar-refractivity contribution in [1.29, 1.82) is 0 Å². The fourth-order valence-electron chi connectivity index (χ4n) is 6.65. The molecule has 0 saturated carbocycles. The number of aliphatic hydroxyl groups excluding tert-OH is 1. The van der Waals surface area contributed by atoms with E-state index in [1.54, 1.807) is 66.7 Å². The summed E-state index contributed by atoms with van der Waals surface area (Å²) in [6, 6.07) is 27.8. The SMILES string of the molecule is Cc1ccc(S(=O)(=O)N2C[C@H]3C(O)C[C@@H](c4ccccc4)N(S(=O)(=O)c4ccc(C)cc4)[C@H]3C[C@H]2c2cccc(Cl)c2)cc1. The van der Waals surface area contributed by atoms with E-state index in [2.05, 4.69) is 0 Å². The molecule has 4 aromatic carbocycles. The van der Waals surface area contributed by atoms with E-state index in [1.807, 2.05) is 50.2 Å². The zero-order valence-corrected chi connectivity index (χ0v) is 26.9. The summed E-state index contributed by atoms with van der Waals surface area (Å²) in [5.41, 5.74) is 3.30. The third kappa shape index (κ3) is 5.73. The minimum Gasteiger partial charge on any atom is -0.393 e. The first-order valence-electron chi connectivity index (χ1n) is 14.6. The first kappa shape index (κ1) is 31.0. The molecule has 1 N–H and O–H groups in total. The summed E-state index contributed by atoms with van der Waals surface area (Å²) < 4.78 is 60.6. The Morgan fingerprint density at radius 3 is 1.84 bits per heavy atom.